The molecule has 0 saturated heterocycles. The smallest absolute Gasteiger partial charge is 0.744 e. The fraction of sp³-hybridized carbons (Fsp3) is 0.286. The van der Waals surface area contributed by atoms with Crippen LogP contribution in [0.4, 0.5) is 35.2 Å². The number of nitrogens with one attached hydrogen (secondary N) is 4. The number of hydrogen-bond acceptors (Lipinski definition) is 21. The molecule has 2 aromatic carbocycles. The van der Waals surface area contributed by atoms with E-state index in [1.165, 1.54) is 38.5 Å². The van der Waals surface area contributed by atoms with Gasteiger partial charge in [0.1, 0.15) is 10.1 Å². The number of methoxy groups -OCH3 is 2. The molecule has 0 aliphatic carbocycles. The van der Waals surface area contributed by atoms with Gasteiger partial charge in [-0.1, -0.05) is 24.3 Å². The van der Waals surface area contributed by atoms with Crippen molar-refractivity contribution in [2.24, 2.45) is 0 Å². The van der Waals surface area contributed by atoms with Crippen LogP contribution in [0, 0.1) is 0 Å². The minimum Gasteiger partial charge on any atom is -0.744 e. The predicted octanol–water partition coefficient (Wildman–Crippen LogP) is -4.54. The Labute approximate surface area is 347 Å². The second-order valence-electron chi connectivity index (χ2n) is 10.2. The molecule has 4 aromatic rings. The van der Waals surface area contributed by atoms with Crippen molar-refractivity contribution >= 4 is 69.5 Å². The minimum atomic E-state index is -4.99. The summed E-state index contributed by atoms with van der Waals surface area (Å²) in [6.07, 6.45) is 2.89. The summed E-state index contributed by atoms with van der Waals surface area (Å²) < 4.78 is 51.7. The maximum Gasteiger partial charge on any atom is 1.00 e. The molecule has 0 aliphatic heterocycles. The largest absolute Gasteiger partial charge is 1.00 e. The van der Waals surface area contributed by atoms with Gasteiger partial charge in [-0.3, -0.25) is 5.04 Å². The van der Waals surface area contributed by atoms with Gasteiger partial charge < -0.3 is 50.8 Å². The van der Waals surface area contributed by atoms with Crippen LogP contribution in [0.1, 0.15) is 25.0 Å². The van der Waals surface area contributed by atoms with Crippen LogP contribution in [0.2, 0.25) is 0 Å². The molecule has 0 aliphatic rings. The average molecular weight is 779 g/mol. The molecule has 0 amide bonds. The third-order valence-electron chi connectivity index (χ3n) is 6.30. The Morgan fingerprint density at radius 2 is 1.23 bits per heavy atom. The maximum absolute atomic E-state index is 12.3. The van der Waals surface area contributed by atoms with E-state index >= 15 is 0 Å². The van der Waals surface area contributed by atoms with E-state index in [0.29, 0.717) is 28.2 Å². The molecule has 24 heteroatoms. The summed E-state index contributed by atoms with van der Waals surface area (Å²) in [7, 11) is -2.26. The van der Waals surface area contributed by atoms with Gasteiger partial charge in [0.05, 0.1) is 44.4 Å². The van der Waals surface area contributed by atoms with Crippen molar-refractivity contribution in [2.75, 3.05) is 48.7 Å². The SMILES string of the molecule is COc1nc(Nc2ccc(C=Cc3ccc(Nc4nc(NC(C)CO)nc(OC)n4)cc3S(=O)(=O)[O-])c(SOO[O-])c2)nc(NC(C)CO)n1.[Na+].[Na+]. The first-order chi connectivity index (χ1) is 23.9. The second kappa shape index (κ2) is 21.7. The van der Waals surface area contributed by atoms with Gasteiger partial charge >= 0.3 is 71.1 Å². The van der Waals surface area contributed by atoms with Crippen molar-refractivity contribution in [2.45, 2.75) is 35.7 Å². The fourth-order valence-electron chi connectivity index (χ4n) is 3.95. The number of hydrogen-bond donors (Lipinski definition) is 6. The zero-order valence-corrected chi connectivity index (χ0v) is 34.5. The second-order valence-corrected chi connectivity index (χ2v) is 12.2. The number of nitrogens with zero attached hydrogens (tertiary/aromatic N) is 6. The van der Waals surface area contributed by atoms with E-state index in [1.807, 2.05) is 0 Å². The van der Waals surface area contributed by atoms with Crippen LogP contribution in [-0.4, -0.2) is 92.6 Å². The van der Waals surface area contributed by atoms with Gasteiger partial charge in [0, 0.05) is 28.4 Å². The van der Waals surface area contributed by atoms with E-state index in [-0.39, 0.29) is 131 Å². The third-order valence-corrected chi connectivity index (χ3v) is 7.85. The van der Waals surface area contributed by atoms with Crippen molar-refractivity contribution in [3.63, 3.8) is 0 Å². The monoisotopic (exact) mass is 778 g/mol. The van der Waals surface area contributed by atoms with Crippen molar-refractivity contribution in [1.29, 1.82) is 0 Å². The molecule has 0 radical (unpaired) electrons. The number of aliphatic hydroxyl groups excluding tert-OH is 2. The van der Waals surface area contributed by atoms with Gasteiger partial charge in [-0.05, 0) is 49.2 Å². The predicted molar refractivity (Wildman–Crippen MR) is 177 cm³/mol. The zero-order chi connectivity index (χ0) is 36.3. The summed E-state index contributed by atoms with van der Waals surface area (Å²) >= 11 is 0.569. The summed E-state index contributed by atoms with van der Waals surface area (Å²) in [5.74, 6) is 0.291. The Bertz CT molecular complexity index is 1920. The molecule has 52 heavy (non-hydrogen) atoms. The molecule has 0 saturated carbocycles. The zero-order valence-electron chi connectivity index (χ0n) is 28.8. The quantitative estimate of drug-likeness (QED) is 0.0139. The van der Waals surface area contributed by atoms with Crippen LogP contribution in [0.5, 0.6) is 12.0 Å². The number of benzene rings is 2. The Kier molecular flexibility index (Phi) is 18.9. The third kappa shape index (κ3) is 13.5. The molecular formula is C28H32N10Na2O10S2. The van der Waals surface area contributed by atoms with Crippen LogP contribution in [0.25, 0.3) is 12.2 Å². The number of rotatable bonds is 18. The van der Waals surface area contributed by atoms with Gasteiger partial charge in [0.25, 0.3) is 0 Å². The first-order valence-corrected chi connectivity index (χ1v) is 16.5. The molecule has 6 N–H and O–H groups in total. The van der Waals surface area contributed by atoms with E-state index < -0.39 is 15.0 Å². The molecule has 2 aromatic heterocycles. The van der Waals surface area contributed by atoms with E-state index in [2.05, 4.69) is 60.5 Å². The summed E-state index contributed by atoms with van der Waals surface area (Å²) in [5.41, 5.74) is 1.09. The van der Waals surface area contributed by atoms with E-state index in [0.717, 1.165) is 6.07 Å². The van der Waals surface area contributed by atoms with Crippen LogP contribution >= 0.6 is 12.0 Å². The summed E-state index contributed by atoms with van der Waals surface area (Å²) in [6.45, 7) is 3.06. The standard InChI is InChI=1S/C28H34N10O10S2.2Na/c1-15(13-39)29-23-33-25(37-27(35-23)45-3)31-19-9-7-17(21(11-19)49-48-47-41)5-6-18-8-10-20(12-22(18)50(42,43)44)32-26-34-24(30-16(2)14-40)36-28(38-26)46-4;;/h5-12,15-16,39-41H,13-14H2,1-4H3,(H,42,43,44)(H2,29,31,33,35,37)(H2,30,32,34,36,38);;/q;2*+1/p-2. The number of ether oxygens (including phenoxy) is 2. The average Bonchev–Trinajstić information content (AvgIpc) is 3.09. The fourth-order valence-corrected chi connectivity index (χ4v) is 5.15. The molecular weight excluding hydrogens is 746 g/mol. The van der Waals surface area contributed by atoms with Crippen molar-refractivity contribution in [1.82, 2.24) is 29.9 Å². The molecule has 0 bridgehead atoms. The number of anilines is 6. The minimum absolute atomic E-state index is 0. The van der Waals surface area contributed by atoms with Crippen LogP contribution in [0.3, 0.4) is 0 Å². The number of aliphatic hydroxyl groups is 2. The summed E-state index contributed by atoms with van der Waals surface area (Å²) in [5, 5.41) is 44.4. The van der Waals surface area contributed by atoms with Crippen molar-refractivity contribution in [3.05, 3.63) is 47.5 Å². The van der Waals surface area contributed by atoms with Gasteiger partial charge in [-0.2, -0.15) is 34.2 Å². The Hall–Kier alpha value is -2.94. The molecule has 4 rings (SSSR count). The first-order valence-electron chi connectivity index (χ1n) is 14.4. The summed E-state index contributed by atoms with van der Waals surface area (Å²) in [4.78, 5) is 24.6. The first kappa shape index (κ1) is 45.2. The molecule has 2 atom stereocenters. The van der Waals surface area contributed by atoms with Crippen LogP contribution < -0.4 is 95.1 Å². The molecule has 2 heterocycles. The van der Waals surface area contributed by atoms with Gasteiger partial charge in [0.2, 0.25) is 23.8 Å². The molecule has 2 unspecified atom stereocenters. The van der Waals surface area contributed by atoms with Gasteiger partial charge in [0.15, 0.2) is 0 Å². The molecule has 0 spiro atoms. The molecule has 20 nitrogen and oxygen atoms in total. The Balaban J connectivity index is 0.00000468. The Morgan fingerprint density at radius 3 is 1.69 bits per heavy atom. The molecule has 0 fully saturated rings. The van der Waals surface area contributed by atoms with Gasteiger partial charge in [-0.15, -0.1) is 0 Å². The van der Waals surface area contributed by atoms with Crippen LogP contribution in [0.15, 0.2) is 46.2 Å². The van der Waals surface area contributed by atoms with E-state index in [9.17, 15) is 28.4 Å². The van der Waals surface area contributed by atoms with E-state index in [1.54, 1.807) is 32.0 Å². The van der Waals surface area contributed by atoms with Gasteiger partial charge in [-0.25, -0.2) is 8.42 Å². The normalized spacial score (nSPS) is 12.2. The topological polar surface area (TPSA) is 283 Å². The van der Waals surface area contributed by atoms with Crippen molar-refractivity contribution < 1.29 is 106 Å². The maximum atomic E-state index is 12.3. The summed E-state index contributed by atoms with van der Waals surface area (Å²) in [6, 6.07) is 8.02. The number of aromatic nitrogens is 6. The Morgan fingerprint density at radius 1 is 0.769 bits per heavy atom. The van der Waals surface area contributed by atoms with Crippen LogP contribution in [-0.2, 0) is 19.5 Å². The van der Waals surface area contributed by atoms with Crippen molar-refractivity contribution in [3.8, 4) is 12.0 Å². The molecule has 268 valence electrons. The van der Waals surface area contributed by atoms with E-state index in [4.69, 9.17) is 9.47 Å².